The van der Waals surface area contributed by atoms with Crippen molar-refractivity contribution in [1.29, 1.82) is 0 Å². The van der Waals surface area contributed by atoms with Gasteiger partial charge in [0.25, 0.3) is 15.9 Å². The molecule has 7 nitrogen and oxygen atoms in total. The number of rotatable bonds is 7. The van der Waals surface area contributed by atoms with Crippen LogP contribution < -0.4 is 15.6 Å². The fourth-order valence-electron chi connectivity index (χ4n) is 2.54. The number of nitrogens with one attached hydrogen (secondary N) is 3. The average molecular weight is 490 g/mol. The molecule has 0 spiro atoms. The first-order valence-electron chi connectivity index (χ1n) is 9.40. The molecule has 0 saturated carbocycles. The van der Waals surface area contributed by atoms with Crippen LogP contribution in [0.25, 0.3) is 0 Å². The van der Waals surface area contributed by atoms with E-state index in [-0.39, 0.29) is 22.1 Å². The minimum Gasteiger partial charge on any atom is -0.280 e. The number of halogens is 1. The van der Waals surface area contributed by atoms with E-state index in [4.69, 9.17) is 11.6 Å². The van der Waals surface area contributed by atoms with Gasteiger partial charge in [-0.05, 0) is 67.6 Å². The smallest absolute Gasteiger partial charge is 0.269 e. The van der Waals surface area contributed by atoms with Crippen molar-refractivity contribution in [2.45, 2.75) is 16.7 Å². The second-order valence-corrected chi connectivity index (χ2v) is 9.91. The van der Waals surface area contributed by atoms with Crippen LogP contribution in [0.4, 0.5) is 5.69 Å². The molecule has 3 rings (SSSR count). The Labute approximate surface area is 195 Å². The van der Waals surface area contributed by atoms with Gasteiger partial charge in [0.15, 0.2) is 0 Å². The first kappa shape index (κ1) is 23.6. The lowest BCUT2D eigenvalue weighted by Gasteiger charge is -2.10. The standard InChI is InChI=1S/C22H20ClN3O4S2/c1-15-2-10-19(11-3-15)31-14-21(27)24-25-22(28)16-4-12-20(13-5-16)32(29,30)26-18-8-6-17(23)7-9-18/h2-13,26H,14H2,1H3,(H,24,27)(H,25,28). The third-order valence-electron chi connectivity index (χ3n) is 4.23. The maximum Gasteiger partial charge on any atom is 0.269 e. The number of hydrogen-bond acceptors (Lipinski definition) is 5. The summed E-state index contributed by atoms with van der Waals surface area (Å²) in [7, 11) is -3.83. The minimum atomic E-state index is -3.83. The second kappa shape index (κ2) is 10.5. The molecule has 0 unspecified atom stereocenters. The van der Waals surface area contributed by atoms with Crippen molar-refractivity contribution in [3.63, 3.8) is 0 Å². The van der Waals surface area contributed by atoms with Gasteiger partial charge in [-0.2, -0.15) is 0 Å². The largest absolute Gasteiger partial charge is 0.280 e. The predicted octanol–water partition coefficient (Wildman–Crippen LogP) is 4.00. The van der Waals surface area contributed by atoms with Gasteiger partial charge in [-0.15, -0.1) is 11.8 Å². The lowest BCUT2D eigenvalue weighted by molar-refractivity contribution is -0.119. The molecule has 0 heterocycles. The lowest BCUT2D eigenvalue weighted by Crippen LogP contribution is -2.42. The van der Waals surface area contributed by atoms with Crippen molar-refractivity contribution in [3.8, 4) is 0 Å². The quantitative estimate of drug-likeness (QED) is 0.343. The van der Waals surface area contributed by atoms with Crippen LogP contribution in [0.2, 0.25) is 5.02 Å². The molecule has 0 saturated heterocycles. The van der Waals surface area contributed by atoms with Gasteiger partial charge >= 0.3 is 0 Å². The third kappa shape index (κ3) is 6.74. The Balaban J connectivity index is 1.52. The Hall–Kier alpha value is -3.01. The van der Waals surface area contributed by atoms with Gasteiger partial charge in [-0.3, -0.25) is 25.2 Å². The Morgan fingerprint density at radius 3 is 2.12 bits per heavy atom. The number of carbonyl (C=O) groups excluding carboxylic acids is 2. The van der Waals surface area contributed by atoms with E-state index in [2.05, 4.69) is 15.6 Å². The van der Waals surface area contributed by atoms with E-state index in [0.29, 0.717) is 10.7 Å². The predicted molar refractivity (Wildman–Crippen MR) is 126 cm³/mol. The molecule has 0 bridgehead atoms. The molecule has 0 aliphatic carbocycles. The summed E-state index contributed by atoms with van der Waals surface area (Å²) >= 11 is 7.15. The van der Waals surface area contributed by atoms with Crippen LogP contribution in [0.3, 0.4) is 0 Å². The van der Waals surface area contributed by atoms with Crippen LogP contribution in [0, 0.1) is 6.92 Å². The molecule has 10 heteroatoms. The molecule has 3 aromatic rings. The molecule has 0 fully saturated rings. The fraction of sp³-hybridized carbons (Fsp3) is 0.0909. The zero-order chi connectivity index (χ0) is 23.1. The summed E-state index contributed by atoms with van der Waals surface area (Å²) in [6.45, 7) is 1.98. The van der Waals surface area contributed by atoms with E-state index in [1.54, 1.807) is 24.3 Å². The van der Waals surface area contributed by atoms with Crippen LogP contribution in [-0.4, -0.2) is 26.0 Å². The Kier molecular flexibility index (Phi) is 7.79. The number of amides is 2. The highest BCUT2D eigenvalue weighted by Crippen LogP contribution is 2.19. The molecule has 0 atom stereocenters. The van der Waals surface area contributed by atoms with Crippen molar-refractivity contribution in [2.24, 2.45) is 0 Å². The molecule has 3 aromatic carbocycles. The molecule has 32 heavy (non-hydrogen) atoms. The lowest BCUT2D eigenvalue weighted by atomic mass is 10.2. The van der Waals surface area contributed by atoms with Gasteiger partial charge in [0.05, 0.1) is 10.6 Å². The van der Waals surface area contributed by atoms with Crippen LogP contribution >= 0.6 is 23.4 Å². The molecule has 0 radical (unpaired) electrons. The molecular weight excluding hydrogens is 470 g/mol. The molecular formula is C22H20ClN3O4S2. The minimum absolute atomic E-state index is 0.0115. The number of sulfonamides is 1. The van der Waals surface area contributed by atoms with Gasteiger partial charge in [-0.1, -0.05) is 29.3 Å². The zero-order valence-corrected chi connectivity index (χ0v) is 19.4. The van der Waals surface area contributed by atoms with E-state index in [0.717, 1.165) is 10.5 Å². The summed E-state index contributed by atoms with van der Waals surface area (Å²) in [5, 5.41) is 0.490. The van der Waals surface area contributed by atoms with Crippen molar-refractivity contribution >= 4 is 50.9 Å². The fourth-order valence-corrected chi connectivity index (χ4v) is 4.42. The van der Waals surface area contributed by atoms with Crippen molar-refractivity contribution in [3.05, 3.63) is 88.9 Å². The number of carbonyl (C=O) groups is 2. The molecule has 2 amide bonds. The third-order valence-corrected chi connectivity index (χ3v) is 6.89. The molecule has 3 N–H and O–H groups in total. The zero-order valence-electron chi connectivity index (χ0n) is 17.0. The molecule has 0 aliphatic heterocycles. The van der Waals surface area contributed by atoms with Crippen LogP contribution in [0.1, 0.15) is 15.9 Å². The topological polar surface area (TPSA) is 104 Å². The summed E-state index contributed by atoms with van der Waals surface area (Å²) in [6.07, 6.45) is 0. The van der Waals surface area contributed by atoms with Gasteiger partial charge in [-0.25, -0.2) is 8.42 Å². The number of anilines is 1. The molecule has 0 aromatic heterocycles. The van der Waals surface area contributed by atoms with E-state index in [1.165, 1.54) is 36.0 Å². The maximum absolute atomic E-state index is 12.5. The van der Waals surface area contributed by atoms with Gasteiger partial charge in [0.2, 0.25) is 5.91 Å². The highest BCUT2D eigenvalue weighted by atomic mass is 35.5. The summed E-state index contributed by atoms with van der Waals surface area (Å²) in [5.74, 6) is -0.791. The second-order valence-electron chi connectivity index (χ2n) is 6.74. The molecule has 166 valence electrons. The van der Waals surface area contributed by atoms with Crippen LogP contribution in [0.15, 0.2) is 82.6 Å². The summed E-state index contributed by atoms with van der Waals surface area (Å²) in [6, 6.07) is 19.3. The van der Waals surface area contributed by atoms with Crippen molar-refractivity contribution in [2.75, 3.05) is 10.5 Å². The van der Waals surface area contributed by atoms with E-state index < -0.39 is 15.9 Å². The average Bonchev–Trinajstić information content (AvgIpc) is 2.78. The van der Waals surface area contributed by atoms with Gasteiger partial charge in [0, 0.05) is 21.2 Å². The highest BCUT2D eigenvalue weighted by molar-refractivity contribution is 8.00. The monoisotopic (exact) mass is 489 g/mol. The maximum atomic E-state index is 12.5. The van der Waals surface area contributed by atoms with E-state index in [9.17, 15) is 18.0 Å². The van der Waals surface area contributed by atoms with E-state index >= 15 is 0 Å². The number of hydrogen-bond donors (Lipinski definition) is 3. The number of hydrazine groups is 1. The molecule has 0 aliphatic rings. The van der Waals surface area contributed by atoms with Crippen molar-refractivity contribution < 1.29 is 18.0 Å². The van der Waals surface area contributed by atoms with Crippen LogP contribution in [-0.2, 0) is 14.8 Å². The van der Waals surface area contributed by atoms with E-state index in [1.807, 2.05) is 31.2 Å². The van der Waals surface area contributed by atoms with Gasteiger partial charge in [0.1, 0.15) is 0 Å². The number of aryl methyl sites for hydroxylation is 1. The normalized spacial score (nSPS) is 10.9. The Morgan fingerprint density at radius 1 is 0.875 bits per heavy atom. The highest BCUT2D eigenvalue weighted by Gasteiger charge is 2.15. The Morgan fingerprint density at radius 2 is 1.50 bits per heavy atom. The van der Waals surface area contributed by atoms with Crippen molar-refractivity contribution in [1.82, 2.24) is 10.9 Å². The SMILES string of the molecule is Cc1ccc(SCC(=O)NNC(=O)c2ccc(S(=O)(=O)Nc3ccc(Cl)cc3)cc2)cc1. The first-order chi connectivity index (χ1) is 15.2. The van der Waals surface area contributed by atoms with Crippen LogP contribution in [0.5, 0.6) is 0 Å². The number of benzene rings is 3. The summed E-state index contributed by atoms with van der Waals surface area (Å²) < 4.78 is 27.4. The first-order valence-corrected chi connectivity index (χ1v) is 12.2. The summed E-state index contributed by atoms with van der Waals surface area (Å²) in [4.78, 5) is 25.1. The Bertz CT molecular complexity index is 1200. The summed E-state index contributed by atoms with van der Waals surface area (Å²) in [5.41, 5.74) is 6.35. The van der Waals surface area contributed by atoms with Gasteiger partial charge < -0.3 is 0 Å². The number of thioether (sulfide) groups is 1.